The molecule has 3 heterocycles. The van der Waals surface area contributed by atoms with Gasteiger partial charge in [0, 0.05) is 81.7 Å². The van der Waals surface area contributed by atoms with Gasteiger partial charge in [0.2, 0.25) is 0 Å². The van der Waals surface area contributed by atoms with Gasteiger partial charge in [0.1, 0.15) is 17.3 Å². The number of ether oxygens (including phenoxy) is 3. The highest BCUT2D eigenvalue weighted by Gasteiger charge is 2.23. The summed E-state index contributed by atoms with van der Waals surface area (Å²) in [5.41, 5.74) is 1.31. The Hall–Kier alpha value is -2.82. The summed E-state index contributed by atoms with van der Waals surface area (Å²) in [4.78, 5) is 23.6. The standard InChI is InChI=1S/C30H39Cl2N5O4/c1-6-8-35-11-13-36(14-12-35)9-7-10-37-23-16-26(34-20(2)19-39-3)33-18-21(23)15-22(30(37)38)27-28(31)24(40-4)17-25(41-5)29(27)32/h6,15-18,20H,1,7-14,19H2,2-5H3,(H,33,34). The second-order valence-electron chi connectivity index (χ2n) is 10.2. The lowest BCUT2D eigenvalue weighted by molar-refractivity contribution is 0.140. The summed E-state index contributed by atoms with van der Waals surface area (Å²) < 4.78 is 18.0. The largest absolute Gasteiger partial charge is 0.495 e. The summed E-state index contributed by atoms with van der Waals surface area (Å²) >= 11 is 13.5. The molecule has 2 aromatic heterocycles. The van der Waals surface area contributed by atoms with Crippen LogP contribution < -0.4 is 20.3 Å². The molecule has 3 aromatic rings. The molecule has 4 rings (SSSR count). The molecule has 0 radical (unpaired) electrons. The van der Waals surface area contributed by atoms with Gasteiger partial charge >= 0.3 is 0 Å². The van der Waals surface area contributed by atoms with Crippen molar-refractivity contribution in [3.63, 3.8) is 0 Å². The molecule has 0 bridgehead atoms. The van der Waals surface area contributed by atoms with Crippen molar-refractivity contribution in [3.05, 3.63) is 57.4 Å². The van der Waals surface area contributed by atoms with Crippen molar-refractivity contribution in [2.45, 2.75) is 25.9 Å². The van der Waals surface area contributed by atoms with Crippen LogP contribution >= 0.6 is 23.2 Å². The second-order valence-corrected chi connectivity index (χ2v) is 11.0. The summed E-state index contributed by atoms with van der Waals surface area (Å²) in [7, 11) is 4.68. The van der Waals surface area contributed by atoms with Crippen molar-refractivity contribution in [2.24, 2.45) is 0 Å². The molecule has 1 unspecified atom stereocenters. The lowest BCUT2D eigenvalue weighted by Crippen LogP contribution is -2.46. The number of benzene rings is 1. The molecular weight excluding hydrogens is 565 g/mol. The van der Waals surface area contributed by atoms with E-state index in [0.717, 1.165) is 56.6 Å². The molecule has 1 aliphatic rings. The summed E-state index contributed by atoms with van der Waals surface area (Å²) in [5.74, 6) is 1.41. The van der Waals surface area contributed by atoms with Gasteiger partial charge in [-0.05, 0) is 26.0 Å². The molecule has 0 spiro atoms. The third kappa shape index (κ3) is 7.16. The predicted octanol–water partition coefficient (Wildman–Crippen LogP) is 5.03. The Morgan fingerprint density at radius 1 is 1.02 bits per heavy atom. The van der Waals surface area contributed by atoms with E-state index in [-0.39, 0.29) is 21.6 Å². The van der Waals surface area contributed by atoms with Crippen molar-refractivity contribution < 1.29 is 14.2 Å². The molecule has 41 heavy (non-hydrogen) atoms. The van der Waals surface area contributed by atoms with E-state index in [4.69, 9.17) is 37.4 Å². The number of rotatable bonds is 13. The van der Waals surface area contributed by atoms with Gasteiger partial charge in [-0.2, -0.15) is 0 Å². The van der Waals surface area contributed by atoms with Crippen LogP contribution in [0.15, 0.2) is 41.8 Å². The number of fused-ring (bicyclic) bond motifs is 1. The van der Waals surface area contributed by atoms with Crippen molar-refractivity contribution in [1.82, 2.24) is 19.4 Å². The van der Waals surface area contributed by atoms with Crippen LogP contribution in [0, 0.1) is 0 Å². The van der Waals surface area contributed by atoms with Crippen LogP contribution in [-0.2, 0) is 11.3 Å². The molecule has 1 atom stereocenters. The topological polar surface area (TPSA) is 81.1 Å². The smallest absolute Gasteiger partial charge is 0.259 e. The van der Waals surface area contributed by atoms with E-state index in [1.165, 1.54) is 14.2 Å². The quantitative estimate of drug-likeness (QED) is 0.273. The van der Waals surface area contributed by atoms with Gasteiger partial charge in [-0.25, -0.2) is 4.98 Å². The van der Waals surface area contributed by atoms with Crippen LogP contribution in [0.5, 0.6) is 11.5 Å². The third-order valence-electron chi connectivity index (χ3n) is 7.34. The predicted molar refractivity (Wildman–Crippen MR) is 167 cm³/mol. The van der Waals surface area contributed by atoms with Gasteiger partial charge < -0.3 is 29.0 Å². The van der Waals surface area contributed by atoms with E-state index in [2.05, 4.69) is 26.7 Å². The maximum absolute atomic E-state index is 14.2. The zero-order valence-electron chi connectivity index (χ0n) is 24.2. The first kappa shape index (κ1) is 31.1. The average Bonchev–Trinajstić information content (AvgIpc) is 2.96. The first-order chi connectivity index (χ1) is 19.8. The van der Waals surface area contributed by atoms with Crippen LogP contribution in [0.1, 0.15) is 13.3 Å². The van der Waals surface area contributed by atoms with Crippen LogP contribution in [0.4, 0.5) is 5.82 Å². The zero-order chi connectivity index (χ0) is 29.5. The molecule has 9 nitrogen and oxygen atoms in total. The number of nitrogens with one attached hydrogen (secondary N) is 1. The molecule has 11 heteroatoms. The van der Waals surface area contributed by atoms with Crippen LogP contribution in [0.3, 0.4) is 0 Å². The number of piperazine rings is 1. The number of aryl methyl sites for hydroxylation is 1. The van der Waals surface area contributed by atoms with E-state index in [0.29, 0.717) is 41.6 Å². The molecule has 0 aliphatic carbocycles. The number of nitrogens with zero attached hydrogens (tertiary/aromatic N) is 4. The molecular formula is C30H39Cl2N5O4. The highest BCUT2D eigenvalue weighted by atomic mass is 35.5. The summed E-state index contributed by atoms with van der Waals surface area (Å²) in [6.45, 7) is 12.7. The maximum Gasteiger partial charge on any atom is 0.259 e. The Morgan fingerprint density at radius 3 is 2.29 bits per heavy atom. The van der Waals surface area contributed by atoms with Gasteiger partial charge in [-0.3, -0.25) is 9.69 Å². The number of pyridine rings is 2. The number of halogens is 2. The Kier molecular flexibility index (Phi) is 10.9. The number of hydrogen-bond acceptors (Lipinski definition) is 8. The molecule has 1 fully saturated rings. The fraction of sp³-hybridized carbons (Fsp3) is 0.467. The van der Waals surface area contributed by atoms with E-state index < -0.39 is 0 Å². The van der Waals surface area contributed by atoms with Crippen molar-refractivity contribution in [2.75, 3.05) is 72.5 Å². The first-order valence-electron chi connectivity index (χ1n) is 13.8. The van der Waals surface area contributed by atoms with Crippen LogP contribution in [0.2, 0.25) is 10.0 Å². The van der Waals surface area contributed by atoms with Gasteiger partial charge in [-0.1, -0.05) is 29.3 Å². The fourth-order valence-electron chi connectivity index (χ4n) is 5.25. The maximum atomic E-state index is 14.2. The van der Waals surface area contributed by atoms with Gasteiger partial charge in [0.15, 0.2) is 0 Å². The third-order valence-corrected chi connectivity index (χ3v) is 8.09. The monoisotopic (exact) mass is 603 g/mol. The van der Waals surface area contributed by atoms with Gasteiger partial charge in [0.25, 0.3) is 5.56 Å². The summed E-state index contributed by atoms with van der Waals surface area (Å²) in [6.07, 6.45) is 4.51. The highest BCUT2D eigenvalue weighted by molar-refractivity contribution is 6.41. The molecule has 0 saturated carbocycles. The zero-order valence-corrected chi connectivity index (χ0v) is 25.7. The lowest BCUT2D eigenvalue weighted by Gasteiger charge is -2.34. The number of hydrogen-bond donors (Lipinski definition) is 1. The fourth-order valence-corrected chi connectivity index (χ4v) is 5.95. The lowest BCUT2D eigenvalue weighted by atomic mass is 10.0. The Balaban J connectivity index is 1.74. The Morgan fingerprint density at radius 2 is 1.68 bits per heavy atom. The van der Waals surface area contributed by atoms with E-state index >= 15 is 0 Å². The summed E-state index contributed by atoms with van der Waals surface area (Å²) in [5, 5.41) is 4.64. The molecule has 1 saturated heterocycles. The molecule has 1 aromatic carbocycles. The van der Waals surface area contributed by atoms with Crippen molar-refractivity contribution >= 4 is 39.9 Å². The van der Waals surface area contributed by atoms with Gasteiger partial charge in [0.05, 0.1) is 42.0 Å². The Bertz CT molecular complexity index is 1390. The van der Waals surface area contributed by atoms with Gasteiger partial charge in [-0.15, -0.1) is 6.58 Å². The van der Waals surface area contributed by atoms with E-state index in [1.54, 1.807) is 30.0 Å². The minimum Gasteiger partial charge on any atom is -0.495 e. The molecule has 0 amide bonds. The molecule has 1 N–H and O–H groups in total. The molecule has 1 aliphatic heterocycles. The molecule has 222 valence electrons. The number of methoxy groups -OCH3 is 3. The first-order valence-corrected chi connectivity index (χ1v) is 14.5. The normalized spacial score (nSPS) is 15.2. The number of aromatic nitrogens is 2. The summed E-state index contributed by atoms with van der Waals surface area (Å²) in [6, 6.07) is 5.36. The highest BCUT2D eigenvalue weighted by Crippen LogP contribution is 2.45. The van der Waals surface area contributed by atoms with Crippen LogP contribution in [-0.4, -0.2) is 92.6 Å². The van der Waals surface area contributed by atoms with E-state index in [9.17, 15) is 4.79 Å². The van der Waals surface area contributed by atoms with E-state index in [1.807, 2.05) is 19.1 Å². The van der Waals surface area contributed by atoms with Crippen LogP contribution in [0.25, 0.3) is 22.0 Å². The average molecular weight is 605 g/mol. The minimum atomic E-state index is -0.200. The SMILES string of the molecule is C=CCN1CCN(CCCn2c(=O)c(-c3c(Cl)c(OC)cc(OC)c3Cl)cc3cnc(NC(C)COC)cc32)CC1. The Labute approximate surface area is 251 Å². The minimum absolute atomic E-state index is 0.0472. The van der Waals surface area contributed by atoms with Crippen molar-refractivity contribution in [1.29, 1.82) is 0 Å². The second kappa shape index (κ2) is 14.4. The number of anilines is 1. The van der Waals surface area contributed by atoms with Crippen molar-refractivity contribution in [3.8, 4) is 22.6 Å².